The molecule has 0 aliphatic carbocycles. The third kappa shape index (κ3) is 5.25. The molecular formula is C31H33ClN6S. The predicted molar refractivity (Wildman–Crippen MR) is 162 cm³/mol. The molecule has 2 aliphatic heterocycles. The van der Waals surface area contributed by atoms with E-state index >= 15 is 0 Å². The maximum Gasteiger partial charge on any atom is 0.174 e. The summed E-state index contributed by atoms with van der Waals surface area (Å²) in [4.78, 5) is 13.9. The summed E-state index contributed by atoms with van der Waals surface area (Å²) < 4.78 is 2.25. The first kappa shape index (κ1) is 25.8. The average Bonchev–Trinajstić information content (AvgIpc) is 3.52. The van der Waals surface area contributed by atoms with Crippen LogP contribution in [0.5, 0.6) is 0 Å². The van der Waals surface area contributed by atoms with Crippen molar-refractivity contribution in [2.75, 3.05) is 22.9 Å². The van der Waals surface area contributed by atoms with Crippen molar-refractivity contribution in [2.24, 2.45) is 11.8 Å². The van der Waals surface area contributed by atoms with Crippen molar-refractivity contribution >= 4 is 40.3 Å². The van der Waals surface area contributed by atoms with Crippen LogP contribution in [0, 0.1) is 11.8 Å². The van der Waals surface area contributed by atoms with Crippen LogP contribution >= 0.6 is 23.8 Å². The van der Waals surface area contributed by atoms with Crippen molar-refractivity contribution < 1.29 is 0 Å². The molecule has 4 atom stereocenters. The minimum Gasteiger partial charge on any atom is -0.370 e. The van der Waals surface area contributed by atoms with Crippen LogP contribution in [-0.4, -0.2) is 32.7 Å². The number of benzene rings is 1. The lowest BCUT2D eigenvalue weighted by atomic mass is 9.91. The molecule has 1 aromatic carbocycles. The summed E-state index contributed by atoms with van der Waals surface area (Å²) in [6, 6.07) is 22.4. The number of halogens is 1. The topological polar surface area (TPSA) is 49.2 Å². The third-order valence-corrected chi connectivity index (χ3v) is 8.36. The summed E-state index contributed by atoms with van der Waals surface area (Å²) in [6.07, 6.45) is 7.03. The quantitative estimate of drug-likeness (QED) is 0.269. The molecule has 3 aromatic heterocycles. The second-order valence-electron chi connectivity index (χ2n) is 10.9. The Morgan fingerprint density at radius 2 is 1.72 bits per heavy atom. The van der Waals surface area contributed by atoms with Gasteiger partial charge in [0.15, 0.2) is 5.11 Å². The lowest BCUT2D eigenvalue weighted by Crippen LogP contribution is -2.38. The highest BCUT2D eigenvalue weighted by Gasteiger charge is 2.42. The summed E-state index contributed by atoms with van der Waals surface area (Å²) in [6.45, 7) is 7.36. The molecule has 2 saturated heterocycles. The largest absolute Gasteiger partial charge is 0.370 e. The Labute approximate surface area is 240 Å². The highest BCUT2D eigenvalue weighted by atomic mass is 35.5. The van der Waals surface area contributed by atoms with Gasteiger partial charge in [-0.25, -0.2) is 0 Å². The maximum atomic E-state index is 6.99. The molecule has 0 spiro atoms. The van der Waals surface area contributed by atoms with Crippen LogP contribution in [0.4, 0.5) is 11.4 Å². The van der Waals surface area contributed by atoms with Gasteiger partial charge in [0.1, 0.15) is 6.04 Å². The first-order valence-electron chi connectivity index (χ1n) is 13.6. The van der Waals surface area contributed by atoms with Crippen LogP contribution in [-0.2, 0) is 6.54 Å². The number of pyridine rings is 2. The highest BCUT2D eigenvalue weighted by molar-refractivity contribution is 7.80. The highest BCUT2D eigenvalue weighted by Crippen LogP contribution is 2.43. The van der Waals surface area contributed by atoms with Gasteiger partial charge in [-0.2, -0.15) is 0 Å². The monoisotopic (exact) mass is 556 g/mol. The van der Waals surface area contributed by atoms with Gasteiger partial charge < -0.3 is 19.7 Å². The van der Waals surface area contributed by atoms with E-state index in [2.05, 4.69) is 87.2 Å². The van der Waals surface area contributed by atoms with E-state index in [-0.39, 0.29) is 12.1 Å². The molecule has 0 saturated carbocycles. The van der Waals surface area contributed by atoms with Crippen LogP contribution < -0.4 is 15.1 Å². The fourth-order valence-corrected chi connectivity index (χ4v) is 6.84. The van der Waals surface area contributed by atoms with Gasteiger partial charge in [0, 0.05) is 43.1 Å². The van der Waals surface area contributed by atoms with Gasteiger partial charge in [0.2, 0.25) is 0 Å². The minimum atomic E-state index is -0.127. The van der Waals surface area contributed by atoms with Crippen LogP contribution in [0.2, 0.25) is 5.02 Å². The molecule has 6 nitrogen and oxygen atoms in total. The molecule has 39 heavy (non-hydrogen) atoms. The van der Waals surface area contributed by atoms with E-state index in [0.717, 1.165) is 46.6 Å². The molecule has 200 valence electrons. The Morgan fingerprint density at radius 1 is 0.949 bits per heavy atom. The molecule has 0 bridgehead atoms. The number of hydrogen-bond acceptors (Lipinski definition) is 4. The van der Waals surface area contributed by atoms with Gasteiger partial charge in [0.25, 0.3) is 0 Å². The fourth-order valence-electron chi connectivity index (χ4n) is 6.20. The van der Waals surface area contributed by atoms with Crippen LogP contribution in [0.15, 0.2) is 85.3 Å². The lowest BCUT2D eigenvalue weighted by Gasteiger charge is -2.37. The first-order valence-corrected chi connectivity index (χ1v) is 14.4. The van der Waals surface area contributed by atoms with Crippen molar-refractivity contribution in [3.63, 3.8) is 0 Å². The molecular weight excluding hydrogens is 524 g/mol. The van der Waals surface area contributed by atoms with Gasteiger partial charge in [-0.05, 0) is 85.1 Å². The number of hydrogen-bond donors (Lipinski definition) is 1. The normalized spacial score (nSPS) is 23.2. The van der Waals surface area contributed by atoms with Crippen molar-refractivity contribution in [3.05, 3.63) is 107 Å². The van der Waals surface area contributed by atoms with Crippen LogP contribution in [0.25, 0.3) is 0 Å². The molecule has 5 heterocycles. The maximum absolute atomic E-state index is 6.99. The van der Waals surface area contributed by atoms with E-state index < -0.39 is 0 Å². The number of thiocarbonyl (C=S) groups is 1. The molecule has 0 radical (unpaired) electrons. The summed E-state index contributed by atoms with van der Waals surface area (Å²) in [5, 5.41) is 4.98. The fraction of sp³-hybridized carbons (Fsp3) is 0.323. The summed E-state index contributed by atoms with van der Waals surface area (Å²) >= 11 is 13.0. The second-order valence-corrected chi connectivity index (χ2v) is 11.7. The van der Waals surface area contributed by atoms with Crippen LogP contribution in [0.1, 0.15) is 49.4 Å². The molecule has 0 unspecified atom stereocenters. The molecule has 2 fully saturated rings. The number of piperidine rings is 1. The van der Waals surface area contributed by atoms with Crippen molar-refractivity contribution in [1.82, 2.24) is 19.9 Å². The molecule has 6 rings (SSSR count). The Bertz CT molecular complexity index is 1430. The van der Waals surface area contributed by atoms with Gasteiger partial charge in [-0.1, -0.05) is 37.6 Å². The number of nitrogens with one attached hydrogen (secondary N) is 1. The van der Waals surface area contributed by atoms with E-state index in [1.165, 1.54) is 6.42 Å². The Morgan fingerprint density at radius 3 is 2.41 bits per heavy atom. The van der Waals surface area contributed by atoms with Gasteiger partial charge in [-0.15, -0.1) is 0 Å². The Hall–Kier alpha value is -3.42. The van der Waals surface area contributed by atoms with E-state index in [4.69, 9.17) is 28.8 Å². The molecule has 0 amide bonds. The number of aromatic nitrogens is 3. The third-order valence-electron chi connectivity index (χ3n) is 7.74. The van der Waals surface area contributed by atoms with E-state index in [1.807, 2.05) is 36.7 Å². The smallest absolute Gasteiger partial charge is 0.174 e. The SMILES string of the molecule is C[C@@H]1C[C@H](C)CN(c2ccc(N3C(=S)N[C@@H](c4ccccn4)[C@@H]3c3cccn3Cc3ccccn3)cc2Cl)C1. The van der Waals surface area contributed by atoms with Gasteiger partial charge in [-0.3, -0.25) is 9.97 Å². The summed E-state index contributed by atoms with van der Waals surface area (Å²) in [7, 11) is 0. The Balaban J connectivity index is 1.39. The zero-order valence-electron chi connectivity index (χ0n) is 22.2. The number of rotatable bonds is 6. The Kier molecular flexibility index (Phi) is 7.28. The summed E-state index contributed by atoms with van der Waals surface area (Å²) in [5.74, 6) is 1.30. The standard InChI is InChI=1S/C31H33ClN6S/c1-21-16-22(2)19-37(18-21)27-12-11-24(17-25(27)32)38-30(29(35-31(38)39)26-9-4-6-14-34-26)28-10-7-15-36(28)20-23-8-3-5-13-33-23/h3-15,17,21-22,29-30H,16,18-20H2,1-2H3,(H,35,39)/t21-,22+,29-,30-/m0/s1. The number of anilines is 2. The van der Waals surface area contributed by atoms with Crippen LogP contribution in [0.3, 0.4) is 0 Å². The van der Waals surface area contributed by atoms with E-state index in [0.29, 0.717) is 23.5 Å². The molecule has 2 aliphatic rings. The minimum absolute atomic E-state index is 0.122. The number of nitrogens with zero attached hydrogens (tertiary/aromatic N) is 5. The molecule has 1 N–H and O–H groups in total. The second kappa shape index (κ2) is 11.0. The van der Waals surface area contributed by atoms with Gasteiger partial charge in [0.05, 0.1) is 34.7 Å². The zero-order chi connectivity index (χ0) is 26.9. The van der Waals surface area contributed by atoms with Gasteiger partial charge >= 0.3 is 0 Å². The van der Waals surface area contributed by atoms with E-state index in [1.54, 1.807) is 0 Å². The molecule has 8 heteroatoms. The first-order chi connectivity index (χ1) is 19.0. The lowest BCUT2D eigenvalue weighted by molar-refractivity contribution is 0.357. The van der Waals surface area contributed by atoms with Crippen molar-refractivity contribution in [3.8, 4) is 0 Å². The van der Waals surface area contributed by atoms with Crippen molar-refractivity contribution in [2.45, 2.75) is 38.9 Å². The summed E-state index contributed by atoms with van der Waals surface area (Å²) in [5.41, 5.74) is 5.13. The van der Waals surface area contributed by atoms with Crippen molar-refractivity contribution in [1.29, 1.82) is 0 Å². The predicted octanol–water partition coefficient (Wildman–Crippen LogP) is 6.64. The molecule has 4 aromatic rings. The van der Waals surface area contributed by atoms with E-state index in [9.17, 15) is 0 Å². The zero-order valence-corrected chi connectivity index (χ0v) is 23.8. The average molecular weight is 557 g/mol.